The van der Waals surface area contributed by atoms with E-state index in [0.717, 1.165) is 37.1 Å². The summed E-state index contributed by atoms with van der Waals surface area (Å²) in [6.07, 6.45) is 7.77. The molecule has 0 spiro atoms. The molecule has 1 N–H and O–H groups in total. The first-order valence-electron chi connectivity index (χ1n) is 10.1. The van der Waals surface area contributed by atoms with Gasteiger partial charge in [0.25, 0.3) is 5.69 Å². The number of aryl methyl sites for hydroxylation is 1. The van der Waals surface area contributed by atoms with Gasteiger partial charge in [0.05, 0.1) is 4.92 Å². The number of hydrogen-bond donors (Lipinski definition) is 1. The number of carbonyl (C=O) groups is 1. The molecule has 0 saturated carbocycles. The van der Waals surface area contributed by atoms with Crippen molar-refractivity contribution < 1.29 is 9.72 Å². The molecule has 1 aromatic carbocycles. The number of hydrogen-bond acceptors (Lipinski definition) is 7. The van der Waals surface area contributed by atoms with Crippen LogP contribution in [0.3, 0.4) is 0 Å². The second-order valence-electron chi connectivity index (χ2n) is 7.48. The summed E-state index contributed by atoms with van der Waals surface area (Å²) in [6.45, 7) is 2.94. The van der Waals surface area contributed by atoms with Crippen molar-refractivity contribution in [2.75, 3.05) is 11.4 Å². The number of nitrogens with one attached hydrogen (secondary N) is 1. The van der Waals surface area contributed by atoms with Gasteiger partial charge in [-0.3, -0.25) is 19.5 Å². The SMILES string of the molecule is Cc1cc(N2CCCCC2C(=O)NCc2ccc([N+](=O)[O-])cc2)nc(-n2ccnc2)n1. The number of benzene rings is 1. The Kier molecular flexibility index (Phi) is 5.87. The normalized spacial score (nSPS) is 16.2. The molecule has 1 atom stereocenters. The average molecular weight is 421 g/mol. The lowest BCUT2D eigenvalue weighted by atomic mass is 10.0. The minimum atomic E-state index is -0.440. The highest BCUT2D eigenvalue weighted by molar-refractivity contribution is 5.85. The quantitative estimate of drug-likeness (QED) is 0.480. The van der Waals surface area contributed by atoms with Gasteiger partial charge in [-0.25, -0.2) is 9.97 Å². The first-order chi connectivity index (χ1) is 15.0. The van der Waals surface area contributed by atoms with Gasteiger partial charge in [-0.1, -0.05) is 12.1 Å². The number of amides is 1. The minimum absolute atomic E-state index is 0.0290. The summed E-state index contributed by atoms with van der Waals surface area (Å²) in [7, 11) is 0. The van der Waals surface area contributed by atoms with Gasteiger partial charge in [-0.2, -0.15) is 4.98 Å². The molecule has 31 heavy (non-hydrogen) atoms. The zero-order valence-corrected chi connectivity index (χ0v) is 17.1. The highest BCUT2D eigenvalue weighted by Gasteiger charge is 2.30. The molecule has 1 aliphatic heterocycles. The number of piperidine rings is 1. The van der Waals surface area contributed by atoms with E-state index in [0.29, 0.717) is 18.3 Å². The van der Waals surface area contributed by atoms with Crippen molar-refractivity contribution in [3.63, 3.8) is 0 Å². The van der Waals surface area contributed by atoms with Gasteiger partial charge in [0, 0.05) is 49.4 Å². The Labute approximate surface area is 179 Å². The van der Waals surface area contributed by atoms with Crippen molar-refractivity contribution in [1.82, 2.24) is 24.8 Å². The highest BCUT2D eigenvalue weighted by Crippen LogP contribution is 2.25. The monoisotopic (exact) mass is 421 g/mol. The van der Waals surface area contributed by atoms with Crippen LogP contribution in [0, 0.1) is 17.0 Å². The van der Waals surface area contributed by atoms with E-state index in [1.54, 1.807) is 35.4 Å². The molecule has 4 rings (SSSR count). The average Bonchev–Trinajstić information content (AvgIpc) is 3.32. The Morgan fingerprint density at radius 3 is 2.77 bits per heavy atom. The fourth-order valence-electron chi connectivity index (χ4n) is 3.70. The van der Waals surface area contributed by atoms with Gasteiger partial charge in [0.1, 0.15) is 18.2 Å². The first-order valence-corrected chi connectivity index (χ1v) is 10.1. The van der Waals surface area contributed by atoms with Gasteiger partial charge >= 0.3 is 0 Å². The maximum Gasteiger partial charge on any atom is 0.269 e. The smallest absolute Gasteiger partial charge is 0.269 e. The summed E-state index contributed by atoms with van der Waals surface area (Å²) < 4.78 is 1.74. The Hall–Kier alpha value is -3.82. The summed E-state index contributed by atoms with van der Waals surface area (Å²) in [5.41, 5.74) is 1.65. The summed E-state index contributed by atoms with van der Waals surface area (Å²) in [4.78, 5) is 38.6. The molecule has 0 bridgehead atoms. The predicted molar refractivity (Wildman–Crippen MR) is 114 cm³/mol. The molecule has 0 radical (unpaired) electrons. The van der Waals surface area contributed by atoms with Crippen LogP contribution in [0.4, 0.5) is 11.5 Å². The van der Waals surface area contributed by atoms with Gasteiger partial charge < -0.3 is 10.2 Å². The fourth-order valence-corrected chi connectivity index (χ4v) is 3.70. The molecule has 1 unspecified atom stereocenters. The Bertz CT molecular complexity index is 1070. The van der Waals surface area contributed by atoms with Crippen LogP contribution in [0.15, 0.2) is 49.1 Å². The standard InChI is InChI=1S/C21H23N7O3/c1-15-12-19(25-21(24-15)26-11-9-22-14-26)27-10-3-2-4-18(27)20(29)23-13-16-5-7-17(8-6-16)28(30)31/h5-9,11-12,14,18H,2-4,10,13H2,1H3,(H,23,29). The second-order valence-corrected chi connectivity index (χ2v) is 7.48. The third-order valence-electron chi connectivity index (χ3n) is 5.28. The number of imidazole rings is 1. The highest BCUT2D eigenvalue weighted by atomic mass is 16.6. The Morgan fingerprint density at radius 2 is 2.06 bits per heavy atom. The lowest BCUT2D eigenvalue weighted by Crippen LogP contribution is -2.50. The molecule has 0 aliphatic carbocycles. The number of aromatic nitrogens is 4. The van der Waals surface area contributed by atoms with E-state index in [4.69, 9.17) is 0 Å². The lowest BCUT2D eigenvalue weighted by Gasteiger charge is -2.35. The van der Waals surface area contributed by atoms with E-state index in [9.17, 15) is 14.9 Å². The largest absolute Gasteiger partial charge is 0.350 e. The van der Waals surface area contributed by atoms with Gasteiger partial charge in [0.15, 0.2) is 0 Å². The molecule has 1 amide bonds. The minimum Gasteiger partial charge on any atom is -0.350 e. The van der Waals surface area contributed by atoms with Crippen LogP contribution in [0.5, 0.6) is 0 Å². The van der Waals surface area contributed by atoms with Crippen molar-refractivity contribution in [3.8, 4) is 5.95 Å². The van der Waals surface area contributed by atoms with Crippen LogP contribution in [0.2, 0.25) is 0 Å². The van der Waals surface area contributed by atoms with Gasteiger partial charge in [-0.05, 0) is 31.7 Å². The van der Waals surface area contributed by atoms with Crippen molar-refractivity contribution >= 4 is 17.4 Å². The van der Waals surface area contributed by atoms with E-state index in [1.165, 1.54) is 12.1 Å². The molecule has 1 saturated heterocycles. The van der Waals surface area contributed by atoms with E-state index in [1.807, 2.05) is 17.9 Å². The van der Waals surface area contributed by atoms with E-state index in [2.05, 4.69) is 20.3 Å². The van der Waals surface area contributed by atoms with Gasteiger partial charge in [0.2, 0.25) is 11.9 Å². The number of nitrogens with zero attached hydrogens (tertiary/aromatic N) is 6. The molecule has 160 valence electrons. The maximum absolute atomic E-state index is 13.0. The summed E-state index contributed by atoms with van der Waals surface area (Å²) in [5, 5.41) is 13.8. The Morgan fingerprint density at radius 1 is 1.26 bits per heavy atom. The van der Waals surface area contributed by atoms with Crippen molar-refractivity contribution in [3.05, 3.63) is 70.4 Å². The second kappa shape index (κ2) is 8.90. The third kappa shape index (κ3) is 4.68. The number of rotatable bonds is 6. The van der Waals surface area contributed by atoms with Crippen LogP contribution in [-0.2, 0) is 11.3 Å². The molecule has 3 aromatic rings. The van der Waals surface area contributed by atoms with Crippen LogP contribution < -0.4 is 10.2 Å². The van der Waals surface area contributed by atoms with Crippen LogP contribution in [0.25, 0.3) is 5.95 Å². The van der Waals surface area contributed by atoms with Crippen LogP contribution >= 0.6 is 0 Å². The van der Waals surface area contributed by atoms with Crippen LogP contribution in [-0.4, -0.2) is 42.9 Å². The van der Waals surface area contributed by atoms with Gasteiger partial charge in [-0.15, -0.1) is 0 Å². The van der Waals surface area contributed by atoms with Crippen LogP contribution in [0.1, 0.15) is 30.5 Å². The van der Waals surface area contributed by atoms with E-state index < -0.39 is 4.92 Å². The van der Waals surface area contributed by atoms with E-state index in [-0.39, 0.29) is 17.6 Å². The molecule has 10 nitrogen and oxygen atoms in total. The predicted octanol–water partition coefficient (Wildman–Crippen LogP) is 2.55. The maximum atomic E-state index is 13.0. The topological polar surface area (TPSA) is 119 Å². The lowest BCUT2D eigenvalue weighted by molar-refractivity contribution is -0.384. The number of anilines is 1. The summed E-state index contributed by atoms with van der Waals surface area (Å²) >= 11 is 0. The molecule has 3 heterocycles. The van der Waals surface area contributed by atoms with Crippen molar-refractivity contribution in [2.24, 2.45) is 0 Å². The molecule has 1 fully saturated rings. The van der Waals surface area contributed by atoms with Crippen molar-refractivity contribution in [2.45, 2.75) is 38.8 Å². The zero-order chi connectivity index (χ0) is 21.8. The first kappa shape index (κ1) is 20.5. The summed E-state index contributed by atoms with van der Waals surface area (Å²) in [5.74, 6) is 1.15. The number of nitro groups is 1. The third-order valence-corrected chi connectivity index (χ3v) is 5.28. The molecule has 2 aromatic heterocycles. The fraction of sp³-hybridized carbons (Fsp3) is 0.333. The van der Waals surface area contributed by atoms with Crippen molar-refractivity contribution in [1.29, 1.82) is 0 Å². The summed E-state index contributed by atoms with van der Waals surface area (Å²) in [6, 6.07) is 7.75. The Balaban J connectivity index is 1.49. The van der Waals surface area contributed by atoms with E-state index >= 15 is 0 Å². The molecule has 10 heteroatoms. The molecular weight excluding hydrogens is 398 g/mol. The molecular formula is C21H23N7O3. The zero-order valence-electron chi connectivity index (χ0n) is 17.1. The molecule has 1 aliphatic rings. The number of non-ortho nitro benzene ring substituents is 1. The number of carbonyl (C=O) groups excluding carboxylic acids is 1. The number of nitro benzene ring substituents is 1.